The summed E-state index contributed by atoms with van der Waals surface area (Å²) in [5, 5.41) is 0. The number of benzene rings is 2. The summed E-state index contributed by atoms with van der Waals surface area (Å²) in [4.78, 5) is 37.0. The Hall–Kier alpha value is -3.58. The molecule has 2 amide bonds. The molecule has 0 unspecified atom stereocenters. The van der Waals surface area contributed by atoms with Gasteiger partial charge in [-0.1, -0.05) is 42.0 Å². The third-order valence-corrected chi connectivity index (χ3v) is 7.29. The highest BCUT2D eigenvalue weighted by Gasteiger charge is 2.47. The van der Waals surface area contributed by atoms with Crippen LogP contribution in [0.4, 0.5) is 0 Å². The summed E-state index contributed by atoms with van der Waals surface area (Å²) >= 11 is 0. The van der Waals surface area contributed by atoms with Crippen molar-refractivity contribution in [2.45, 2.75) is 44.1 Å². The van der Waals surface area contributed by atoms with Gasteiger partial charge in [0, 0.05) is 37.1 Å². The molecule has 2 aliphatic rings. The van der Waals surface area contributed by atoms with Gasteiger partial charge in [0.2, 0.25) is 11.8 Å². The molecule has 0 radical (unpaired) electrons. The Morgan fingerprint density at radius 3 is 2.57 bits per heavy atom. The van der Waals surface area contributed by atoms with Gasteiger partial charge in [-0.2, -0.15) is 0 Å². The number of carbonyl (C=O) groups excluding carboxylic acids is 2. The molecule has 0 saturated carbocycles. The summed E-state index contributed by atoms with van der Waals surface area (Å²) in [5.41, 5.74) is 9.10. The number of ether oxygens (including phenoxy) is 1. The molecule has 2 fully saturated rings. The van der Waals surface area contributed by atoms with Crippen molar-refractivity contribution in [1.82, 2.24) is 14.9 Å². The van der Waals surface area contributed by atoms with Gasteiger partial charge in [-0.05, 0) is 56.4 Å². The number of aromatic nitrogens is 2. The van der Waals surface area contributed by atoms with Crippen molar-refractivity contribution in [3.05, 3.63) is 83.2 Å². The number of hydrogen-bond donors (Lipinski definition) is 1. The van der Waals surface area contributed by atoms with Crippen molar-refractivity contribution < 1.29 is 14.3 Å². The van der Waals surface area contributed by atoms with Crippen molar-refractivity contribution >= 4 is 11.8 Å². The van der Waals surface area contributed by atoms with Gasteiger partial charge in [0.05, 0.1) is 17.2 Å². The maximum absolute atomic E-state index is 14.3. The van der Waals surface area contributed by atoms with Crippen molar-refractivity contribution in [2.75, 3.05) is 19.8 Å². The largest absolute Gasteiger partial charge is 0.381 e. The molecule has 2 saturated heterocycles. The Kier molecular flexibility index (Phi) is 6.34. The molecule has 1 aromatic heterocycles. The number of carbonyl (C=O) groups is 2. The zero-order chi connectivity index (χ0) is 24.4. The first kappa shape index (κ1) is 23.2. The topological polar surface area (TPSA) is 98.4 Å². The van der Waals surface area contributed by atoms with Gasteiger partial charge >= 0.3 is 0 Å². The Morgan fingerprint density at radius 1 is 1.09 bits per heavy atom. The van der Waals surface area contributed by atoms with E-state index in [2.05, 4.69) is 30.1 Å². The minimum absolute atomic E-state index is 0.0985. The van der Waals surface area contributed by atoms with Crippen LogP contribution in [0.1, 0.15) is 58.9 Å². The van der Waals surface area contributed by atoms with E-state index in [1.807, 2.05) is 17.0 Å². The van der Waals surface area contributed by atoms with Crippen LogP contribution in [0.25, 0.3) is 11.4 Å². The Morgan fingerprint density at radius 2 is 1.86 bits per heavy atom. The summed E-state index contributed by atoms with van der Waals surface area (Å²) in [5.74, 6) is 0.263. The van der Waals surface area contributed by atoms with Crippen LogP contribution < -0.4 is 5.73 Å². The third kappa shape index (κ3) is 4.44. The highest BCUT2D eigenvalue weighted by atomic mass is 16.5. The quantitative estimate of drug-likeness (QED) is 0.609. The Bertz CT molecular complexity index is 1230. The van der Waals surface area contributed by atoms with E-state index in [0.29, 0.717) is 44.0 Å². The van der Waals surface area contributed by atoms with Gasteiger partial charge in [-0.25, -0.2) is 9.97 Å². The number of hydrogen-bond acceptors (Lipinski definition) is 5. The van der Waals surface area contributed by atoms with Gasteiger partial charge in [0.1, 0.15) is 0 Å². The van der Waals surface area contributed by atoms with E-state index in [4.69, 9.17) is 15.5 Å². The molecule has 7 heteroatoms. The monoisotopic (exact) mass is 470 g/mol. The fraction of sp³-hybridized carbons (Fsp3) is 0.357. The van der Waals surface area contributed by atoms with Crippen LogP contribution in [0.3, 0.4) is 0 Å². The number of likely N-dealkylation sites (tertiary alicyclic amines) is 1. The first-order valence-electron chi connectivity index (χ1n) is 12.2. The predicted molar refractivity (Wildman–Crippen MR) is 133 cm³/mol. The van der Waals surface area contributed by atoms with Crippen LogP contribution in [0.2, 0.25) is 0 Å². The molecule has 0 aliphatic carbocycles. The number of nitrogens with zero attached hydrogens (tertiary/aromatic N) is 3. The highest BCUT2D eigenvalue weighted by Crippen LogP contribution is 2.42. The molecule has 0 bridgehead atoms. The fourth-order valence-corrected chi connectivity index (χ4v) is 5.36. The van der Waals surface area contributed by atoms with Crippen LogP contribution in [-0.4, -0.2) is 46.4 Å². The fourth-order valence-electron chi connectivity index (χ4n) is 5.36. The molecule has 2 aliphatic heterocycles. The van der Waals surface area contributed by atoms with Gasteiger partial charge in [-0.15, -0.1) is 0 Å². The average molecular weight is 471 g/mol. The summed E-state index contributed by atoms with van der Waals surface area (Å²) in [6, 6.07) is 17.1. The lowest BCUT2D eigenvalue weighted by Gasteiger charge is -2.41. The predicted octanol–water partition coefficient (Wildman–Crippen LogP) is 3.96. The maximum atomic E-state index is 14.3. The van der Waals surface area contributed by atoms with Crippen LogP contribution in [0.15, 0.2) is 60.8 Å². The highest BCUT2D eigenvalue weighted by molar-refractivity contribution is 5.93. The molecule has 2 aromatic carbocycles. The third-order valence-electron chi connectivity index (χ3n) is 7.29. The second kappa shape index (κ2) is 9.58. The summed E-state index contributed by atoms with van der Waals surface area (Å²) in [7, 11) is 0. The SMILES string of the molecule is Cc1cccc(C2(C(=O)N3CCC[C@@H]3c3ccnc(-c4ccc(C(N)=O)cc4)n3)CCOCC2)c1. The molecule has 5 rings (SSSR count). The summed E-state index contributed by atoms with van der Waals surface area (Å²) < 4.78 is 5.67. The average Bonchev–Trinajstić information content (AvgIpc) is 3.39. The lowest BCUT2D eigenvalue weighted by molar-refractivity contribution is -0.142. The zero-order valence-electron chi connectivity index (χ0n) is 19.9. The van der Waals surface area contributed by atoms with E-state index in [-0.39, 0.29) is 11.9 Å². The molecular formula is C28H30N4O3. The first-order chi connectivity index (χ1) is 17.0. The van der Waals surface area contributed by atoms with Crippen molar-refractivity contribution in [2.24, 2.45) is 5.73 Å². The number of amides is 2. The molecule has 180 valence electrons. The smallest absolute Gasteiger partial charge is 0.248 e. The van der Waals surface area contributed by atoms with Crippen molar-refractivity contribution in [3.8, 4) is 11.4 Å². The molecule has 3 heterocycles. The summed E-state index contributed by atoms with van der Waals surface area (Å²) in [6.45, 7) is 3.94. The van der Waals surface area contributed by atoms with E-state index >= 15 is 0 Å². The maximum Gasteiger partial charge on any atom is 0.248 e. The standard InChI is InChI=1S/C28H30N4O3/c1-19-4-2-5-22(18-19)28(12-16-35-17-13-28)27(34)32-15-3-6-24(32)23-11-14-30-26(31-23)21-9-7-20(8-10-21)25(29)33/h2,4-5,7-11,14,18,24H,3,6,12-13,15-17H2,1H3,(H2,29,33)/t24-/m1/s1. The summed E-state index contributed by atoms with van der Waals surface area (Å²) in [6.07, 6.45) is 4.90. The van der Waals surface area contributed by atoms with Crippen LogP contribution in [-0.2, 0) is 14.9 Å². The minimum Gasteiger partial charge on any atom is -0.381 e. The van der Waals surface area contributed by atoms with Crippen molar-refractivity contribution in [3.63, 3.8) is 0 Å². The normalized spacial score (nSPS) is 19.5. The zero-order valence-corrected chi connectivity index (χ0v) is 19.9. The van der Waals surface area contributed by atoms with Gasteiger partial charge in [0.15, 0.2) is 5.82 Å². The van der Waals surface area contributed by atoms with Crippen molar-refractivity contribution in [1.29, 1.82) is 0 Å². The molecule has 2 N–H and O–H groups in total. The Labute approximate surface area is 205 Å². The molecule has 7 nitrogen and oxygen atoms in total. The van der Waals surface area contributed by atoms with E-state index in [1.165, 1.54) is 0 Å². The van der Waals surface area contributed by atoms with Crippen LogP contribution in [0.5, 0.6) is 0 Å². The van der Waals surface area contributed by atoms with Gasteiger partial charge in [0.25, 0.3) is 0 Å². The molecule has 1 atom stereocenters. The minimum atomic E-state index is -0.576. The number of aryl methyl sites for hydroxylation is 1. The van der Waals surface area contributed by atoms with E-state index in [1.54, 1.807) is 30.5 Å². The Balaban J connectivity index is 1.46. The second-order valence-corrected chi connectivity index (χ2v) is 9.47. The second-order valence-electron chi connectivity index (χ2n) is 9.47. The van der Waals surface area contributed by atoms with Gasteiger partial charge in [-0.3, -0.25) is 9.59 Å². The first-order valence-corrected chi connectivity index (χ1v) is 12.2. The van der Waals surface area contributed by atoms with E-state index in [0.717, 1.165) is 35.2 Å². The van der Waals surface area contributed by atoms with E-state index in [9.17, 15) is 9.59 Å². The molecule has 3 aromatic rings. The molecular weight excluding hydrogens is 440 g/mol. The lowest BCUT2D eigenvalue weighted by atomic mass is 9.72. The van der Waals surface area contributed by atoms with Crippen LogP contribution >= 0.6 is 0 Å². The van der Waals surface area contributed by atoms with E-state index < -0.39 is 11.3 Å². The lowest BCUT2D eigenvalue weighted by Crippen LogP contribution is -2.49. The van der Waals surface area contributed by atoms with Crippen LogP contribution in [0, 0.1) is 6.92 Å². The number of primary amides is 1. The number of rotatable bonds is 5. The van der Waals surface area contributed by atoms with Gasteiger partial charge < -0.3 is 15.4 Å². The molecule has 0 spiro atoms. The molecule has 35 heavy (non-hydrogen) atoms. The number of nitrogens with two attached hydrogens (primary N) is 1.